The van der Waals surface area contributed by atoms with Crippen molar-refractivity contribution in [3.8, 4) is 5.75 Å². The van der Waals surface area contributed by atoms with Crippen molar-refractivity contribution in [3.63, 3.8) is 0 Å². The lowest BCUT2D eigenvalue weighted by atomic mass is 10.1. The number of carboxylic acid groups (broad SMARTS) is 1. The van der Waals surface area contributed by atoms with Crippen LogP contribution in [0.25, 0.3) is 0 Å². The maximum atomic E-state index is 11.0. The standard InChI is InChI=1S/C14H20N2O4/c1-9(11-5-4-6-12(7-11)20-3)15-8-13(14(18)19)16-10(2)17/h4-7,9,13,15H,8H2,1-3H3,(H,16,17)(H,18,19)/t9-,13?/m1/s1. The summed E-state index contributed by atoms with van der Waals surface area (Å²) >= 11 is 0. The van der Waals surface area contributed by atoms with E-state index in [-0.39, 0.29) is 18.5 Å². The van der Waals surface area contributed by atoms with Gasteiger partial charge in [-0.1, -0.05) is 12.1 Å². The highest BCUT2D eigenvalue weighted by Crippen LogP contribution is 2.18. The molecule has 0 bridgehead atoms. The predicted octanol–water partition coefficient (Wildman–Crippen LogP) is 0.935. The molecule has 1 rings (SSSR count). The van der Waals surface area contributed by atoms with Gasteiger partial charge in [0.25, 0.3) is 0 Å². The Morgan fingerprint density at radius 3 is 2.65 bits per heavy atom. The number of hydrogen-bond acceptors (Lipinski definition) is 4. The van der Waals surface area contributed by atoms with Crippen LogP contribution < -0.4 is 15.4 Å². The molecule has 6 heteroatoms. The van der Waals surface area contributed by atoms with Gasteiger partial charge in [-0.25, -0.2) is 4.79 Å². The minimum atomic E-state index is -1.06. The van der Waals surface area contributed by atoms with Crippen LogP contribution in [0.1, 0.15) is 25.5 Å². The van der Waals surface area contributed by atoms with Crippen molar-refractivity contribution in [2.75, 3.05) is 13.7 Å². The van der Waals surface area contributed by atoms with E-state index in [1.807, 2.05) is 31.2 Å². The lowest BCUT2D eigenvalue weighted by molar-refractivity contribution is -0.141. The van der Waals surface area contributed by atoms with Crippen LogP contribution in [0, 0.1) is 0 Å². The lowest BCUT2D eigenvalue weighted by Gasteiger charge is -2.19. The summed E-state index contributed by atoms with van der Waals surface area (Å²) in [6.07, 6.45) is 0. The van der Waals surface area contributed by atoms with Crippen LogP contribution in [0.4, 0.5) is 0 Å². The molecule has 0 saturated carbocycles. The van der Waals surface area contributed by atoms with Crippen molar-refractivity contribution in [3.05, 3.63) is 29.8 Å². The maximum Gasteiger partial charge on any atom is 0.327 e. The van der Waals surface area contributed by atoms with E-state index in [1.165, 1.54) is 6.92 Å². The van der Waals surface area contributed by atoms with Crippen molar-refractivity contribution in [2.24, 2.45) is 0 Å². The van der Waals surface area contributed by atoms with Crippen LogP contribution in [0.2, 0.25) is 0 Å². The molecule has 0 aliphatic heterocycles. The zero-order chi connectivity index (χ0) is 15.1. The third kappa shape index (κ3) is 4.89. The molecule has 0 spiro atoms. The van der Waals surface area contributed by atoms with E-state index in [0.29, 0.717) is 0 Å². The molecule has 0 saturated heterocycles. The quantitative estimate of drug-likeness (QED) is 0.691. The number of hydrogen-bond donors (Lipinski definition) is 3. The van der Waals surface area contributed by atoms with Gasteiger partial charge >= 0.3 is 5.97 Å². The van der Waals surface area contributed by atoms with Crippen LogP contribution >= 0.6 is 0 Å². The first-order chi connectivity index (χ1) is 9.43. The van der Waals surface area contributed by atoms with E-state index in [4.69, 9.17) is 9.84 Å². The molecule has 110 valence electrons. The van der Waals surface area contributed by atoms with E-state index < -0.39 is 12.0 Å². The first-order valence-electron chi connectivity index (χ1n) is 6.31. The van der Waals surface area contributed by atoms with Crippen molar-refractivity contribution < 1.29 is 19.4 Å². The van der Waals surface area contributed by atoms with Crippen molar-refractivity contribution in [1.29, 1.82) is 0 Å². The highest BCUT2D eigenvalue weighted by atomic mass is 16.5. The molecule has 1 amide bonds. The van der Waals surface area contributed by atoms with Crippen molar-refractivity contribution in [2.45, 2.75) is 25.9 Å². The van der Waals surface area contributed by atoms with Gasteiger partial charge in [-0.3, -0.25) is 4.79 Å². The van der Waals surface area contributed by atoms with E-state index >= 15 is 0 Å². The number of carbonyl (C=O) groups excluding carboxylic acids is 1. The lowest BCUT2D eigenvalue weighted by Crippen LogP contribution is -2.46. The fourth-order valence-corrected chi connectivity index (χ4v) is 1.77. The number of carbonyl (C=O) groups is 2. The SMILES string of the molecule is COc1cccc([C@@H](C)NCC(NC(C)=O)C(=O)O)c1. The molecule has 6 nitrogen and oxygen atoms in total. The van der Waals surface area contributed by atoms with Gasteiger partial charge < -0.3 is 20.5 Å². The second-order valence-corrected chi connectivity index (χ2v) is 4.50. The monoisotopic (exact) mass is 280 g/mol. The Hall–Kier alpha value is -2.08. The van der Waals surface area contributed by atoms with Gasteiger partial charge in [0.1, 0.15) is 11.8 Å². The highest BCUT2D eigenvalue weighted by Gasteiger charge is 2.19. The third-order valence-corrected chi connectivity index (χ3v) is 2.90. The number of carboxylic acids is 1. The number of nitrogens with one attached hydrogen (secondary N) is 2. The molecule has 0 radical (unpaired) electrons. The van der Waals surface area contributed by atoms with Crippen LogP contribution in [0.5, 0.6) is 5.75 Å². The smallest absolute Gasteiger partial charge is 0.327 e. The first kappa shape index (κ1) is 16.0. The second-order valence-electron chi connectivity index (χ2n) is 4.50. The third-order valence-electron chi connectivity index (χ3n) is 2.90. The predicted molar refractivity (Wildman–Crippen MR) is 74.7 cm³/mol. The van der Waals surface area contributed by atoms with Gasteiger partial charge in [0.05, 0.1) is 7.11 Å². The van der Waals surface area contributed by atoms with Gasteiger partial charge in [-0.2, -0.15) is 0 Å². The average Bonchev–Trinajstić information content (AvgIpc) is 2.42. The molecule has 0 fully saturated rings. The summed E-state index contributed by atoms with van der Waals surface area (Å²) < 4.78 is 5.14. The first-order valence-corrected chi connectivity index (χ1v) is 6.31. The van der Waals surface area contributed by atoms with E-state index in [0.717, 1.165) is 11.3 Å². The molecule has 0 heterocycles. The Balaban J connectivity index is 2.62. The number of aliphatic carboxylic acids is 1. The van der Waals surface area contributed by atoms with Crippen molar-refractivity contribution in [1.82, 2.24) is 10.6 Å². The molecule has 3 N–H and O–H groups in total. The summed E-state index contributed by atoms with van der Waals surface area (Å²) in [5.41, 5.74) is 0.983. The number of amides is 1. The Labute approximate surface area is 118 Å². The topological polar surface area (TPSA) is 87.7 Å². The van der Waals surface area contributed by atoms with Crippen molar-refractivity contribution >= 4 is 11.9 Å². The molecule has 0 aromatic heterocycles. The Morgan fingerprint density at radius 2 is 2.10 bits per heavy atom. The Morgan fingerprint density at radius 1 is 1.40 bits per heavy atom. The summed E-state index contributed by atoms with van der Waals surface area (Å²) in [6.45, 7) is 3.36. The molecule has 0 aliphatic rings. The number of benzene rings is 1. The largest absolute Gasteiger partial charge is 0.497 e. The molecule has 2 atom stereocenters. The van der Waals surface area contributed by atoms with Gasteiger partial charge in [0, 0.05) is 19.5 Å². The van der Waals surface area contributed by atoms with E-state index in [9.17, 15) is 9.59 Å². The van der Waals surface area contributed by atoms with Crippen LogP contribution in [0.15, 0.2) is 24.3 Å². The molecule has 0 aliphatic carbocycles. The zero-order valence-electron chi connectivity index (χ0n) is 11.8. The summed E-state index contributed by atoms with van der Waals surface area (Å²) in [7, 11) is 1.59. The molecule has 20 heavy (non-hydrogen) atoms. The number of methoxy groups -OCH3 is 1. The fourth-order valence-electron chi connectivity index (χ4n) is 1.77. The maximum absolute atomic E-state index is 11.0. The Bertz CT molecular complexity index is 476. The normalized spacial score (nSPS) is 13.3. The van der Waals surface area contributed by atoms with Crippen LogP contribution in [-0.4, -0.2) is 36.7 Å². The van der Waals surface area contributed by atoms with Gasteiger partial charge in [-0.05, 0) is 24.6 Å². The molecule has 1 aromatic carbocycles. The Kier molecular flexibility index (Phi) is 5.99. The second kappa shape index (κ2) is 7.49. The highest BCUT2D eigenvalue weighted by molar-refractivity contribution is 5.82. The summed E-state index contributed by atoms with van der Waals surface area (Å²) in [5, 5.41) is 14.5. The van der Waals surface area contributed by atoms with Crippen LogP contribution in [0.3, 0.4) is 0 Å². The van der Waals surface area contributed by atoms with E-state index in [2.05, 4.69) is 10.6 Å². The molecule has 1 aromatic rings. The van der Waals surface area contributed by atoms with Gasteiger partial charge in [-0.15, -0.1) is 0 Å². The number of ether oxygens (including phenoxy) is 1. The van der Waals surface area contributed by atoms with Crippen LogP contribution in [-0.2, 0) is 9.59 Å². The molecule has 1 unspecified atom stereocenters. The average molecular weight is 280 g/mol. The van der Waals surface area contributed by atoms with Gasteiger partial charge in [0.2, 0.25) is 5.91 Å². The number of rotatable bonds is 7. The zero-order valence-corrected chi connectivity index (χ0v) is 11.8. The summed E-state index contributed by atoms with van der Waals surface area (Å²) in [5.74, 6) is -0.688. The summed E-state index contributed by atoms with van der Waals surface area (Å²) in [6, 6.07) is 6.52. The summed E-state index contributed by atoms with van der Waals surface area (Å²) in [4.78, 5) is 21.9. The molecular formula is C14H20N2O4. The minimum Gasteiger partial charge on any atom is -0.497 e. The fraction of sp³-hybridized carbons (Fsp3) is 0.429. The molecular weight excluding hydrogens is 260 g/mol. The van der Waals surface area contributed by atoms with E-state index in [1.54, 1.807) is 7.11 Å². The van der Waals surface area contributed by atoms with Gasteiger partial charge in [0.15, 0.2) is 0 Å². The minimum absolute atomic E-state index is 0.0549.